The number of hydrogen-bond acceptors (Lipinski definition) is 3. The van der Waals surface area contributed by atoms with Crippen LogP contribution in [-0.4, -0.2) is 27.9 Å². The van der Waals surface area contributed by atoms with Crippen molar-refractivity contribution in [3.8, 4) is 0 Å². The number of amides is 1. The molecule has 1 rings (SSSR count). The van der Waals surface area contributed by atoms with E-state index >= 15 is 0 Å². The molecule has 94 valence electrons. The molecule has 2 N–H and O–H groups in total. The summed E-state index contributed by atoms with van der Waals surface area (Å²) in [6.45, 7) is 6.42. The Morgan fingerprint density at radius 1 is 1.47 bits per heavy atom. The van der Waals surface area contributed by atoms with Crippen LogP contribution in [0.4, 0.5) is 0 Å². The lowest BCUT2D eigenvalue weighted by Gasteiger charge is -2.28. The third kappa shape index (κ3) is 3.82. The number of pyridine rings is 1. The van der Waals surface area contributed by atoms with Gasteiger partial charge in [-0.05, 0) is 32.4 Å². The fraction of sp³-hybridized carbons (Fsp3) is 0.538. The van der Waals surface area contributed by atoms with Crippen LogP contribution in [0.15, 0.2) is 24.4 Å². The van der Waals surface area contributed by atoms with Gasteiger partial charge in [-0.3, -0.25) is 9.78 Å². The standard InChI is InChI=1S/C13H21N3O/c1-4-12(14)13(17)16(10(2)3)9-11-7-5-6-8-15-11/h5-8,10,12H,4,9,14H2,1-3H3/t12-/m0/s1. The number of rotatable bonds is 5. The second kappa shape index (κ2) is 6.35. The first-order valence-corrected chi connectivity index (χ1v) is 6.02. The van der Waals surface area contributed by atoms with E-state index in [9.17, 15) is 4.79 Å². The van der Waals surface area contributed by atoms with Crippen molar-refractivity contribution in [2.75, 3.05) is 0 Å². The summed E-state index contributed by atoms with van der Waals surface area (Å²) in [7, 11) is 0. The Balaban J connectivity index is 2.77. The van der Waals surface area contributed by atoms with E-state index in [-0.39, 0.29) is 11.9 Å². The lowest BCUT2D eigenvalue weighted by atomic mass is 10.1. The second-order valence-corrected chi connectivity index (χ2v) is 4.40. The SMILES string of the molecule is CC[C@H](N)C(=O)N(Cc1ccccn1)C(C)C. The topological polar surface area (TPSA) is 59.2 Å². The van der Waals surface area contributed by atoms with Gasteiger partial charge in [0.25, 0.3) is 0 Å². The first-order chi connectivity index (χ1) is 8.06. The van der Waals surface area contributed by atoms with Crippen LogP contribution in [0.1, 0.15) is 32.9 Å². The predicted octanol–water partition coefficient (Wildman–Crippen LogP) is 1.56. The minimum absolute atomic E-state index is 0.00634. The molecular weight excluding hydrogens is 214 g/mol. The maximum atomic E-state index is 12.1. The molecule has 1 aromatic heterocycles. The van der Waals surface area contributed by atoms with Gasteiger partial charge >= 0.3 is 0 Å². The number of hydrogen-bond donors (Lipinski definition) is 1. The Bertz CT molecular complexity index is 351. The third-order valence-electron chi connectivity index (χ3n) is 2.72. The molecular formula is C13H21N3O. The highest BCUT2D eigenvalue weighted by Gasteiger charge is 2.22. The zero-order valence-corrected chi connectivity index (χ0v) is 10.8. The van der Waals surface area contributed by atoms with Gasteiger partial charge in [0.15, 0.2) is 0 Å². The molecule has 1 atom stereocenters. The molecule has 0 unspecified atom stereocenters. The van der Waals surface area contributed by atoms with Crippen LogP contribution in [0.2, 0.25) is 0 Å². The van der Waals surface area contributed by atoms with Crippen LogP contribution in [0.3, 0.4) is 0 Å². The van der Waals surface area contributed by atoms with Crippen molar-refractivity contribution in [3.05, 3.63) is 30.1 Å². The Morgan fingerprint density at radius 2 is 2.18 bits per heavy atom. The molecule has 0 aliphatic heterocycles. The molecule has 0 radical (unpaired) electrons. The van der Waals surface area contributed by atoms with Gasteiger partial charge in [0.05, 0.1) is 18.3 Å². The Morgan fingerprint density at radius 3 is 2.65 bits per heavy atom. The quantitative estimate of drug-likeness (QED) is 0.842. The summed E-state index contributed by atoms with van der Waals surface area (Å²) >= 11 is 0. The van der Waals surface area contributed by atoms with E-state index in [4.69, 9.17) is 5.73 Å². The van der Waals surface area contributed by atoms with Gasteiger partial charge < -0.3 is 10.6 Å². The minimum Gasteiger partial charge on any atom is -0.333 e. The van der Waals surface area contributed by atoms with Gasteiger partial charge in [-0.15, -0.1) is 0 Å². The average molecular weight is 235 g/mol. The van der Waals surface area contributed by atoms with Gasteiger partial charge in [0.2, 0.25) is 5.91 Å². The van der Waals surface area contributed by atoms with Crippen LogP contribution in [-0.2, 0) is 11.3 Å². The molecule has 1 aromatic rings. The molecule has 0 aliphatic rings. The molecule has 0 spiro atoms. The van der Waals surface area contributed by atoms with Crippen molar-refractivity contribution < 1.29 is 4.79 Å². The molecule has 0 bridgehead atoms. The molecule has 1 amide bonds. The minimum atomic E-state index is -0.416. The Labute approximate surface area is 103 Å². The molecule has 0 saturated heterocycles. The van der Waals surface area contributed by atoms with Crippen molar-refractivity contribution in [1.82, 2.24) is 9.88 Å². The number of carbonyl (C=O) groups is 1. The van der Waals surface area contributed by atoms with E-state index < -0.39 is 6.04 Å². The summed E-state index contributed by atoms with van der Waals surface area (Å²) in [6, 6.07) is 5.41. The summed E-state index contributed by atoms with van der Waals surface area (Å²) in [5.74, 6) is -0.00634. The van der Waals surface area contributed by atoms with E-state index in [1.807, 2.05) is 39.0 Å². The van der Waals surface area contributed by atoms with Crippen molar-refractivity contribution >= 4 is 5.91 Å². The van der Waals surface area contributed by atoms with Crippen LogP contribution < -0.4 is 5.73 Å². The molecule has 4 nitrogen and oxygen atoms in total. The lowest BCUT2D eigenvalue weighted by Crippen LogP contribution is -2.46. The summed E-state index contributed by atoms with van der Waals surface area (Å²) in [6.07, 6.45) is 2.39. The third-order valence-corrected chi connectivity index (χ3v) is 2.72. The smallest absolute Gasteiger partial charge is 0.240 e. The lowest BCUT2D eigenvalue weighted by molar-refractivity contribution is -0.135. The van der Waals surface area contributed by atoms with Gasteiger partial charge in [0.1, 0.15) is 0 Å². The van der Waals surface area contributed by atoms with E-state index in [0.29, 0.717) is 13.0 Å². The maximum Gasteiger partial charge on any atom is 0.240 e. The van der Waals surface area contributed by atoms with Crippen LogP contribution >= 0.6 is 0 Å². The summed E-state index contributed by atoms with van der Waals surface area (Å²) in [4.78, 5) is 18.1. The molecule has 0 saturated carbocycles. The molecule has 0 fully saturated rings. The maximum absolute atomic E-state index is 12.1. The fourth-order valence-electron chi connectivity index (χ4n) is 1.57. The normalized spacial score (nSPS) is 12.5. The number of aromatic nitrogens is 1. The highest BCUT2D eigenvalue weighted by molar-refractivity contribution is 5.81. The van der Waals surface area contributed by atoms with Crippen LogP contribution in [0.5, 0.6) is 0 Å². The molecule has 0 aromatic carbocycles. The van der Waals surface area contributed by atoms with Gasteiger partial charge in [0, 0.05) is 12.2 Å². The average Bonchev–Trinajstić information content (AvgIpc) is 2.35. The van der Waals surface area contributed by atoms with E-state index in [0.717, 1.165) is 5.69 Å². The fourth-order valence-corrected chi connectivity index (χ4v) is 1.57. The first-order valence-electron chi connectivity index (χ1n) is 6.02. The van der Waals surface area contributed by atoms with E-state index in [2.05, 4.69) is 4.98 Å². The Hall–Kier alpha value is -1.42. The molecule has 1 heterocycles. The second-order valence-electron chi connectivity index (χ2n) is 4.40. The van der Waals surface area contributed by atoms with Crippen molar-refractivity contribution in [2.45, 2.75) is 45.8 Å². The highest BCUT2D eigenvalue weighted by atomic mass is 16.2. The number of carbonyl (C=O) groups excluding carboxylic acids is 1. The van der Waals surface area contributed by atoms with E-state index in [1.54, 1.807) is 11.1 Å². The molecule has 17 heavy (non-hydrogen) atoms. The van der Waals surface area contributed by atoms with Crippen molar-refractivity contribution in [2.24, 2.45) is 5.73 Å². The summed E-state index contributed by atoms with van der Waals surface area (Å²) in [5.41, 5.74) is 6.68. The van der Waals surface area contributed by atoms with Gasteiger partial charge in [-0.1, -0.05) is 13.0 Å². The van der Waals surface area contributed by atoms with Gasteiger partial charge in [-0.25, -0.2) is 0 Å². The molecule has 4 heteroatoms. The van der Waals surface area contributed by atoms with Crippen molar-refractivity contribution in [1.29, 1.82) is 0 Å². The summed E-state index contributed by atoms with van der Waals surface area (Å²) < 4.78 is 0. The highest BCUT2D eigenvalue weighted by Crippen LogP contribution is 2.08. The zero-order valence-electron chi connectivity index (χ0n) is 10.8. The largest absolute Gasteiger partial charge is 0.333 e. The van der Waals surface area contributed by atoms with Gasteiger partial charge in [-0.2, -0.15) is 0 Å². The van der Waals surface area contributed by atoms with Crippen LogP contribution in [0.25, 0.3) is 0 Å². The summed E-state index contributed by atoms with van der Waals surface area (Å²) in [5, 5.41) is 0. The molecule has 0 aliphatic carbocycles. The number of nitrogens with zero attached hydrogens (tertiary/aromatic N) is 2. The Kier molecular flexibility index (Phi) is 5.10. The van der Waals surface area contributed by atoms with E-state index in [1.165, 1.54) is 0 Å². The monoisotopic (exact) mass is 235 g/mol. The number of nitrogens with two attached hydrogens (primary N) is 1. The predicted molar refractivity (Wildman–Crippen MR) is 68.2 cm³/mol. The zero-order chi connectivity index (χ0) is 12.8. The van der Waals surface area contributed by atoms with Crippen LogP contribution in [0, 0.1) is 0 Å². The van der Waals surface area contributed by atoms with Crippen molar-refractivity contribution in [3.63, 3.8) is 0 Å². The first kappa shape index (κ1) is 13.6.